The highest BCUT2D eigenvalue weighted by Crippen LogP contribution is 2.20. The molecule has 0 radical (unpaired) electrons. The number of fused-ring (bicyclic) bond motifs is 1. The molecule has 2 heterocycles. The van der Waals surface area contributed by atoms with Crippen molar-refractivity contribution >= 4 is 22.8 Å². The number of piperidine rings is 1. The lowest BCUT2D eigenvalue weighted by Gasteiger charge is -2.33. The molecule has 3 rings (SSSR count). The fourth-order valence-electron chi connectivity index (χ4n) is 3.56. The summed E-state index contributed by atoms with van der Waals surface area (Å²) in [6, 6.07) is 8.13. The van der Waals surface area contributed by atoms with E-state index in [1.165, 1.54) is 12.5 Å². The van der Waals surface area contributed by atoms with E-state index < -0.39 is 0 Å². The van der Waals surface area contributed by atoms with Crippen LogP contribution in [0.4, 0.5) is 0 Å². The number of para-hydroxylation sites is 2. The van der Waals surface area contributed by atoms with Crippen molar-refractivity contribution in [2.24, 2.45) is 0 Å². The minimum atomic E-state index is -0.203. The first kappa shape index (κ1) is 18.2. The van der Waals surface area contributed by atoms with Gasteiger partial charge in [-0.3, -0.25) is 9.59 Å². The van der Waals surface area contributed by atoms with Gasteiger partial charge in [0, 0.05) is 25.6 Å². The number of hydrogen-bond acceptors (Lipinski definition) is 3. The van der Waals surface area contributed by atoms with E-state index in [9.17, 15) is 9.59 Å². The molecule has 26 heavy (non-hydrogen) atoms. The van der Waals surface area contributed by atoms with Crippen LogP contribution in [-0.4, -0.2) is 45.4 Å². The lowest BCUT2D eigenvalue weighted by molar-refractivity contribution is -0.135. The Balaban J connectivity index is 1.80. The highest BCUT2D eigenvalue weighted by atomic mass is 16.2. The third kappa shape index (κ3) is 3.95. The maximum Gasteiger partial charge on any atom is 0.243 e. The first-order valence-corrected chi connectivity index (χ1v) is 9.24. The molecule has 1 atom stereocenters. The Morgan fingerprint density at radius 2 is 2.15 bits per heavy atom. The number of carbonyl (C=O) groups excluding carboxylic acids is 2. The molecular weight excluding hydrogens is 328 g/mol. The van der Waals surface area contributed by atoms with Gasteiger partial charge in [-0.1, -0.05) is 18.7 Å². The minimum absolute atomic E-state index is 0.136. The fourth-order valence-corrected chi connectivity index (χ4v) is 3.56. The average Bonchev–Trinajstić information content (AvgIpc) is 2.99. The molecule has 1 fully saturated rings. The molecule has 1 unspecified atom stereocenters. The van der Waals surface area contributed by atoms with Gasteiger partial charge in [0.05, 0.1) is 11.0 Å². The number of rotatable bonds is 6. The molecule has 0 bridgehead atoms. The molecule has 1 N–H and O–H groups in total. The van der Waals surface area contributed by atoms with Crippen molar-refractivity contribution in [3.05, 3.63) is 42.7 Å². The van der Waals surface area contributed by atoms with Crippen molar-refractivity contribution in [3.63, 3.8) is 0 Å². The van der Waals surface area contributed by atoms with Crippen molar-refractivity contribution in [2.45, 2.75) is 45.2 Å². The van der Waals surface area contributed by atoms with E-state index in [2.05, 4.69) is 23.8 Å². The van der Waals surface area contributed by atoms with E-state index in [4.69, 9.17) is 0 Å². The highest BCUT2D eigenvalue weighted by Gasteiger charge is 2.24. The summed E-state index contributed by atoms with van der Waals surface area (Å²) < 4.78 is 1.99. The standard InChI is InChI=1S/C20H26N4O2/c1-3-19(25)21-12-11-18-22-16-9-4-5-10-17(16)24(18)14-20(26)23-13-7-6-8-15(23)2/h3-5,9-10,15H,1,6-8,11-14H2,2H3,(H,21,25). The van der Waals surface area contributed by atoms with Crippen LogP contribution >= 0.6 is 0 Å². The maximum atomic E-state index is 12.9. The Kier molecular flexibility index (Phi) is 5.71. The summed E-state index contributed by atoms with van der Waals surface area (Å²) in [4.78, 5) is 30.9. The number of amides is 2. The SMILES string of the molecule is C=CC(=O)NCCc1nc2ccccc2n1CC(=O)N1CCCCC1C. The molecule has 1 saturated heterocycles. The lowest BCUT2D eigenvalue weighted by Crippen LogP contribution is -2.43. The van der Waals surface area contributed by atoms with Crippen molar-refractivity contribution < 1.29 is 9.59 Å². The van der Waals surface area contributed by atoms with E-state index in [0.29, 0.717) is 19.0 Å². The molecular formula is C20H26N4O2. The van der Waals surface area contributed by atoms with Gasteiger partial charge in [-0.2, -0.15) is 0 Å². The van der Waals surface area contributed by atoms with Gasteiger partial charge >= 0.3 is 0 Å². The smallest absolute Gasteiger partial charge is 0.243 e. The van der Waals surface area contributed by atoms with Gasteiger partial charge < -0.3 is 14.8 Å². The van der Waals surface area contributed by atoms with Crippen LogP contribution in [0.2, 0.25) is 0 Å². The molecule has 1 aromatic carbocycles. The second kappa shape index (κ2) is 8.17. The number of nitrogens with zero attached hydrogens (tertiary/aromatic N) is 3. The monoisotopic (exact) mass is 354 g/mol. The summed E-state index contributed by atoms with van der Waals surface area (Å²) in [6.07, 6.45) is 5.15. The molecule has 2 amide bonds. The molecule has 0 saturated carbocycles. The number of carbonyl (C=O) groups is 2. The third-order valence-electron chi connectivity index (χ3n) is 4.98. The Morgan fingerprint density at radius 3 is 2.92 bits per heavy atom. The van der Waals surface area contributed by atoms with E-state index in [1.54, 1.807) is 0 Å². The predicted molar refractivity (Wildman–Crippen MR) is 102 cm³/mol. The van der Waals surface area contributed by atoms with Crippen LogP contribution in [0, 0.1) is 0 Å². The number of likely N-dealkylation sites (tertiary alicyclic amines) is 1. The van der Waals surface area contributed by atoms with E-state index >= 15 is 0 Å². The number of nitrogens with one attached hydrogen (secondary N) is 1. The second-order valence-electron chi connectivity index (χ2n) is 6.78. The number of imidazole rings is 1. The number of hydrogen-bond donors (Lipinski definition) is 1. The van der Waals surface area contributed by atoms with Crippen LogP contribution < -0.4 is 5.32 Å². The second-order valence-corrected chi connectivity index (χ2v) is 6.78. The predicted octanol–water partition coefficient (Wildman–Crippen LogP) is 2.28. The maximum absolute atomic E-state index is 12.9. The van der Waals surface area contributed by atoms with Crippen LogP contribution in [0.5, 0.6) is 0 Å². The topological polar surface area (TPSA) is 67.2 Å². The summed E-state index contributed by atoms with van der Waals surface area (Å²) in [6.45, 7) is 7.15. The summed E-state index contributed by atoms with van der Waals surface area (Å²) in [5.41, 5.74) is 1.83. The van der Waals surface area contributed by atoms with E-state index in [0.717, 1.165) is 36.2 Å². The molecule has 1 aliphatic heterocycles. The van der Waals surface area contributed by atoms with E-state index in [-0.39, 0.29) is 18.4 Å². The van der Waals surface area contributed by atoms with Crippen LogP contribution in [0.25, 0.3) is 11.0 Å². The van der Waals surface area contributed by atoms with Gasteiger partial charge in [0.1, 0.15) is 12.4 Å². The zero-order valence-electron chi connectivity index (χ0n) is 15.3. The normalized spacial score (nSPS) is 17.3. The highest BCUT2D eigenvalue weighted by molar-refractivity contribution is 5.86. The molecule has 138 valence electrons. The fraction of sp³-hybridized carbons (Fsp3) is 0.450. The van der Waals surface area contributed by atoms with E-state index in [1.807, 2.05) is 33.7 Å². The van der Waals surface area contributed by atoms with Gasteiger partial charge in [-0.25, -0.2) is 4.98 Å². The molecule has 0 spiro atoms. The van der Waals surface area contributed by atoms with Gasteiger partial charge in [0.15, 0.2) is 0 Å². The van der Waals surface area contributed by atoms with Crippen LogP contribution in [0.3, 0.4) is 0 Å². The molecule has 1 aromatic heterocycles. The summed E-state index contributed by atoms with van der Waals surface area (Å²) in [5, 5.41) is 2.77. The van der Waals surface area contributed by atoms with Gasteiger partial charge in [0.25, 0.3) is 0 Å². The Labute approximate surface area is 153 Å². The summed E-state index contributed by atoms with van der Waals surface area (Å²) in [7, 11) is 0. The van der Waals surface area contributed by atoms with Crippen molar-refractivity contribution in [1.82, 2.24) is 19.8 Å². The number of aromatic nitrogens is 2. The lowest BCUT2D eigenvalue weighted by atomic mass is 10.0. The Hall–Kier alpha value is -2.63. The first-order valence-electron chi connectivity index (χ1n) is 9.24. The minimum Gasteiger partial charge on any atom is -0.352 e. The zero-order chi connectivity index (χ0) is 18.5. The zero-order valence-corrected chi connectivity index (χ0v) is 15.3. The van der Waals surface area contributed by atoms with Crippen LogP contribution in [-0.2, 0) is 22.6 Å². The Bertz CT molecular complexity index is 811. The van der Waals surface area contributed by atoms with Crippen LogP contribution in [0.1, 0.15) is 32.0 Å². The third-order valence-corrected chi connectivity index (χ3v) is 4.98. The average molecular weight is 354 g/mol. The van der Waals surface area contributed by atoms with Crippen molar-refractivity contribution in [3.8, 4) is 0 Å². The molecule has 6 heteroatoms. The van der Waals surface area contributed by atoms with Gasteiger partial charge in [0.2, 0.25) is 11.8 Å². The summed E-state index contributed by atoms with van der Waals surface area (Å²) in [5.74, 6) is 0.746. The Morgan fingerprint density at radius 1 is 1.35 bits per heavy atom. The van der Waals surface area contributed by atoms with Gasteiger partial charge in [-0.05, 0) is 44.4 Å². The molecule has 1 aliphatic rings. The van der Waals surface area contributed by atoms with Crippen LogP contribution in [0.15, 0.2) is 36.9 Å². The largest absolute Gasteiger partial charge is 0.352 e. The van der Waals surface area contributed by atoms with Crippen molar-refractivity contribution in [1.29, 1.82) is 0 Å². The molecule has 6 nitrogen and oxygen atoms in total. The number of benzene rings is 1. The first-order chi connectivity index (χ1) is 12.6. The summed E-state index contributed by atoms with van der Waals surface area (Å²) >= 11 is 0. The quantitative estimate of drug-likeness (QED) is 0.810. The molecule has 0 aliphatic carbocycles. The van der Waals surface area contributed by atoms with Crippen molar-refractivity contribution in [2.75, 3.05) is 13.1 Å². The van der Waals surface area contributed by atoms with Gasteiger partial charge in [-0.15, -0.1) is 0 Å². The molecule has 2 aromatic rings.